The zero-order chi connectivity index (χ0) is 17.4. The van der Waals surface area contributed by atoms with Gasteiger partial charge in [0.2, 0.25) is 0 Å². The Kier molecular flexibility index (Phi) is 5.16. The second-order valence-electron chi connectivity index (χ2n) is 6.99. The van der Waals surface area contributed by atoms with Gasteiger partial charge in [0.15, 0.2) is 5.16 Å². The van der Waals surface area contributed by atoms with Crippen LogP contribution in [-0.2, 0) is 11.3 Å². The van der Waals surface area contributed by atoms with Gasteiger partial charge in [0.05, 0.1) is 10.6 Å². The lowest BCUT2D eigenvalue weighted by Crippen LogP contribution is -2.28. The maximum absolute atomic E-state index is 13.1. The van der Waals surface area contributed by atoms with Crippen molar-refractivity contribution in [2.45, 2.75) is 70.3 Å². The number of Topliss-reactive ketones (excluding diaryl/α,β-unsaturated/α-hetero) is 1. The van der Waals surface area contributed by atoms with Gasteiger partial charge in [0, 0.05) is 17.8 Å². The van der Waals surface area contributed by atoms with Crippen molar-refractivity contribution in [3.05, 3.63) is 20.8 Å². The van der Waals surface area contributed by atoms with E-state index in [0.717, 1.165) is 39.9 Å². The lowest BCUT2D eigenvalue weighted by Gasteiger charge is -2.21. The number of ketones is 1. The summed E-state index contributed by atoms with van der Waals surface area (Å²) in [6.45, 7) is 8.87. The van der Waals surface area contributed by atoms with Gasteiger partial charge in [0.25, 0.3) is 5.56 Å². The van der Waals surface area contributed by atoms with Crippen LogP contribution in [0.2, 0.25) is 0 Å². The Balaban J connectivity index is 2.10. The van der Waals surface area contributed by atoms with Gasteiger partial charge in [-0.3, -0.25) is 14.2 Å². The molecule has 1 atom stereocenters. The van der Waals surface area contributed by atoms with Crippen LogP contribution in [0.4, 0.5) is 0 Å². The van der Waals surface area contributed by atoms with Crippen LogP contribution >= 0.6 is 23.1 Å². The third-order valence-electron chi connectivity index (χ3n) is 4.55. The molecule has 2 heterocycles. The molecule has 0 aliphatic heterocycles. The van der Waals surface area contributed by atoms with Gasteiger partial charge in [-0.15, -0.1) is 11.3 Å². The predicted molar refractivity (Wildman–Crippen MR) is 101 cm³/mol. The smallest absolute Gasteiger partial charge is 0.263 e. The van der Waals surface area contributed by atoms with Crippen molar-refractivity contribution < 1.29 is 4.79 Å². The second-order valence-corrected chi connectivity index (χ2v) is 9.36. The summed E-state index contributed by atoms with van der Waals surface area (Å²) in [4.78, 5) is 32.0. The van der Waals surface area contributed by atoms with Crippen LogP contribution in [0.1, 0.15) is 50.0 Å². The van der Waals surface area contributed by atoms with E-state index in [1.807, 2.05) is 13.8 Å². The third kappa shape index (κ3) is 3.31. The monoisotopic (exact) mass is 364 g/mol. The van der Waals surface area contributed by atoms with E-state index in [-0.39, 0.29) is 10.8 Å². The fraction of sp³-hybridized carbons (Fsp3) is 0.611. The van der Waals surface area contributed by atoms with Crippen LogP contribution in [0.3, 0.4) is 0 Å². The molecule has 0 radical (unpaired) electrons. The maximum atomic E-state index is 13.1. The number of thiophene rings is 1. The number of nitrogens with zero attached hydrogens (tertiary/aromatic N) is 2. The first-order valence-electron chi connectivity index (χ1n) is 8.58. The van der Waals surface area contributed by atoms with Crippen molar-refractivity contribution in [3.8, 4) is 0 Å². The Bertz CT molecular complexity index is 836. The second kappa shape index (κ2) is 7.00. The highest BCUT2D eigenvalue weighted by Gasteiger charge is 2.26. The summed E-state index contributed by atoms with van der Waals surface area (Å²) in [7, 11) is 0. The summed E-state index contributed by atoms with van der Waals surface area (Å²) in [5, 5.41) is 1.41. The van der Waals surface area contributed by atoms with Gasteiger partial charge in [-0.05, 0) is 38.2 Å². The summed E-state index contributed by atoms with van der Waals surface area (Å²) in [5.41, 5.74) is 1.08. The molecule has 24 heavy (non-hydrogen) atoms. The number of carbonyl (C=O) groups excluding carboxylic acids is 1. The molecular formula is C18H24N2O2S2. The highest BCUT2D eigenvalue weighted by Crippen LogP contribution is 2.33. The van der Waals surface area contributed by atoms with E-state index < -0.39 is 0 Å². The topological polar surface area (TPSA) is 52.0 Å². The molecule has 0 spiro atoms. The van der Waals surface area contributed by atoms with E-state index in [1.165, 1.54) is 11.8 Å². The molecule has 4 nitrogen and oxygen atoms in total. The zero-order valence-electron chi connectivity index (χ0n) is 14.7. The summed E-state index contributed by atoms with van der Waals surface area (Å²) in [5.74, 6) is 0.652. The Morgan fingerprint density at radius 1 is 1.29 bits per heavy atom. The molecule has 0 saturated heterocycles. The lowest BCUT2D eigenvalue weighted by atomic mass is 9.99. The molecule has 0 aromatic carbocycles. The number of hydrogen-bond acceptors (Lipinski definition) is 5. The van der Waals surface area contributed by atoms with Crippen molar-refractivity contribution in [2.24, 2.45) is 5.92 Å². The number of rotatable bonds is 4. The standard InChI is InChI=1S/C18H24N2O2S2/c1-10(2)9-20-17(22)15-11(3)12(4)23-16(15)19-18(20)24-14-8-6-5-7-13(14)21/h10,14H,5-9H2,1-4H3/t14-/m0/s1. The fourth-order valence-corrected chi connectivity index (χ4v) is 5.42. The van der Waals surface area contributed by atoms with Gasteiger partial charge in [-0.1, -0.05) is 32.0 Å². The number of carbonyl (C=O) groups is 1. The Labute approximate surface area is 150 Å². The van der Waals surface area contributed by atoms with Crippen molar-refractivity contribution >= 4 is 39.1 Å². The van der Waals surface area contributed by atoms with Crippen LogP contribution in [0.25, 0.3) is 10.2 Å². The minimum absolute atomic E-state index is 0.0429. The van der Waals surface area contributed by atoms with Crippen molar-refractivity contribution in [1.82, 2.24) is 9.55 Å². The zero-order valence-corrected chi connectivity index (χ0v) is 16.4. The van der Waals surface area contributed by atoms with Gasteiger partial charge in [0.1, 0.15) is 10.6 Å². The molecule has 0 N–H and O–H groups in total. The SMILES string of the molecule is Cc1sc2nc(S[C@H]3CCCCC3=O)n(CC(C)C)c(=O)c2c1C. The number of aryl methyl sites for hydroxylation is 2. The van der Waals surface area contributed by atoms with Crippen molar-refractivity contribution in [1.29, 1.82) is 0 Å². The maximum Gasteiger partial charge on any atom is 0.263 e. The molecule has 0 bridgehead atoms. The lowest BCUT2D eigenvalue weighted by molar-refractivity contribution is -0.119. The molecule has 6 heteroatoms. The Hall–Kier alpha value is -1.14. The van der Waals surface area contributed by atoms with Crippen molar-refractivity contribution in [2.75, 3.05) is 0 Å². The summed E-state index contributed by atoms with van der Waals surface area (Å²) >= 11 is 3.07. The predicted octanol–water partition coefficient (Wildman–Crippen LogP) is 4.33. The highest BCUT2D eigenvalue weighted by molar-refractivity contribution is 8.00. The molecule has 130 valence electrons. The fourth-order valence-electron chi connectivity index (χ4n) is 3.13. The van der Waals surface area contributed by atoms with E-state index >= 15 is 0 Å². The van der Waals surface area contributed by atoms with Crippen LogP contribution in [-0.4, -0.2) is 20.6 Å². The van der Waals surface area contributed by atoms with Gasteiger partial charge >= 0.3 is 0 Å². The normalized spacial score (nSPS) is 18.7. The average Bonchev–Trinajstić information content (AvgIpc) is 2.80. The first-order chi connectivity index (χ1) is 11.4. The molecule has 1 fully saturated rings. The molecule has 2 aromatic heterocycles. The molecule has 1 aliphatic rings. The van der Waals surface area contributed by atoms with E-state index in [2.05, 4.69) is 13.8 Å². The van der Waals surface area contributed by atoms with Crippen molar-refractivity contribution in [3.63, 3.8) is 0 Å². The van der Waals surface area contributed by atoms with Crippen LogP contribution in [0.15, 0.2) is 9.95 Å². The van der Waals surface area contributed by atoms with E-state index in [4.69, 9.17) is 4.98 Å². The van der Waals surface area contributed by atoms with E-state index in [1.54, 1.807) is 15.9 Å². The molecule has 1 saturated carbocycles. The average molecular weight is 365 g/mol. The summed E-state index contributed by atoms with van der Waals surface area (Å²) in [6.07, 6.45) is 3.62. The number of hydrogen-bond donors (Lipinski definition) is 0. The number of thioether (sulfide) groups is 1. The van der Waals surface area contributed by atoms with Crippen LogP contribution in [0.5, 0.6) is 0 Å². The third-order valence-corrected chi connectivity index (χ3v) is 6.95. The molecule has 0 unspecified atom stereocenters. The van der Waals surface area contributed by atoms with Gasteiger partial charge < -0.3 is 0 Å². The van der Waals surface area contributed by atoms with Crippen LogP contribution in [0, 0.1) is 19.8 Å². The molecule has 0 amide bonds. The van der Waals surface area contributed by atoms with Gasteiger partial charge in [-0.2, -0.15) is 0 Å². The highest BCUT2D eigenvalue weighted by atomic mass is 32.2. The quantitative estimate of drug-likeness (QED) is 0.758. The Morgan fingerprint density at radius 2 is 2.04 bits per heavy atom. The Morgan fingerprint density at radius 3 is 2.71 bits per heavy atom. The number of fused-ring (bicyclic) bond motifs is 1. The van der Waals surface area contributed by atoms with Gasteiger partial charge in [-0.25, -0.2) is 4.98 Å². The first kappa shape index (κ1) is 17.7. The minimum Gasteiger partial charge on any atom is -0.298 e. The summed E-state index contributed by atoms with van der Waals surface area (Å²) < 4.78 is 1.79. The first-order valence-corrected chi connectivity index (χ1v) is 10.3. The molecule has 1 aliphatic carbocycles. The summed E-state index contributed by atoms with van der Waals surface area (Å²) in [6, 6.07) is 0. The molecule has 2 aromatic rings. The van der Waals surface area contributed by atoms with E-state index in [9.17, 15) is 9.59 Å². The molecule has 3 rings (SSSR count). The largest absolute Gasteiger partial charge is 0.298 e. The minimum atomic E-state index is -0.0522. The molecular weight excluding hydrogens is 340 g/mol. The van der Waals surface area contributed by atoms with Crippen LogP contribution < -0.4 is 5.56 Å². The van der Waals surface area contributed by atoms with E-state index in [0.29, 0.717) is 29.8 Å². The number of aromatic nitrogens is 2.